The number of hydrogen-bond acceptors (Lipinski definition) is 6. The van der Waals surface area contributed by atoms with Crippen LogP contribution in [0.15, 0.2) is 68.9 Å². The van der Waals surface area contributed by atoms with Gasteiger partial charge in [0.05, 0.1) is 4.90 Å². The molecule has 156 valence electrons. The highest BCUT2D eigenvalue weighted by molar-refractivity contribution is 7.91. The summed E-state index contributed by atoms with van der Waals surface area (Å²) in [7, 11) is -3.78. The first-order valence-electron chi connectivity index (χ1n) is 9.52. The topological polar surface area (TPSA) is 98.2 Å². The van der Waals surface area contributed by atoms with Gasteiger partial charge in [0.15, 0.2) is 0 Å². The van der Waals surface area contributed by atoms with Gasteiger partial charge in [0.1, 0.15) is 0 Å². The molecule has 0 atom stereocenters. The van der Waals surface area contributed by atoms with Crippen molar-refractivity contribution in [1.29, 1.82) is 0 Å². The van der Waals surface area contributed by atoms with Crippen LogP contribution in [0.5, 0.6) is 0 Å². The van der Waals surface area contributed by atoms with E-state index in [4.69, 9.17) is 10.2 Å². The summed E-state index contributed by atoms with van der Waals surface area (Å²) < 4.78 is 31.8. The number of nitrogens with two attached hydrogens (primary N) is 1. The molecule has 3 rings (SSSR count). The van der Waals surface area contributed by atoms with E-state index in [0.29, 0.717) is 6.04 Å². The second kappa shape index (κ2) is 9.71. The molecule has 0 saturated carbocycles. The third kappa shape index (κ3) is 5.92. The van der Waals surface area contributed by atoms with Crippen LogP contribution in [0.3, 0.4) is 0 Å². The van der Waals surface area contributed by atoms with Gasteiger partial charge < -0.3 is 15.5 Å². The van der Waals surface area contributed by atoms with Gasteiger partial charge in [0, 0.05) is 11.6 Å². The maximum atomic E-state index is 13.0. The average Bonchev–Trinajstić information content (AvgIpc) is 3.06. The second-order valence-electron chi connectivity index (χ2n) is 7.33. The number of hydrogen-bond donors (Lipinski definition) is 2. The van der Waals surface area contributed by atoms with Crippen LogP contribution < -0.4 is 11.1 Å². The maximum Gasteiger partial charge on any atom is 0.234 e. The molecule has 0 radical (unpaired) electrons. The summed E-state index contributed by atoms with van der Waals surface area (Å²) in [6.07, 6.45) is 0. The zero-order valence-electron chi connectivity index (χ0n) is 17.5. The lowest BCUT2D eigenvalue weighted by molar-refractivity contribution is 0.571. The number of sulfone groups is 1. The molecule has 0 spiro atoms. The van der Waals surface area contributed by atoms with E-state index in [2.05, 4.69) is 10.3 Å². The van der Waals surface area contributed by atoms with E-state index in [0.717, 1.165) is 11.1 Å². The molecule has 0 amide bonds. The lowest BCUT2D eigenvalue weighted by atomic mass is 10.1. The molecule has 29 heavy (non-hydrogen) atoms. The fourth-order valence-electron chi connectivity index (χ4n) is 2.48. The van der Waals surface area contributed by atoms with Crippen molar-refractivity contribution >= 4 is 15.7 Å². The van der Waals surface area contributed by atoms with Crippen molar-refractivity contribution in [3.05, 3.63) is 60.2 Å². The van der Waals surface area contributed by atoms with Gasteiger partial charge in [-0.15, -0.1) is 0 Å². The summed E-state index contributed by atoms with van der Waals surface area (Å²) in [4.78, 5) is 4.51. The average molecular weight is 416 g/mol. The number of nitrogens with zero attached hydrogens (tertiary/aromatic N) is 1. The van der Waals surface area contributed by atoms with E-state index in [9.17, 15) is 8.42 Å². The first kappa shape index (κ1) is 22.6. The number of anilines is 1. The van der Waals surface area contributed by atoms with Gasteiger partial charge in [-0.05, 0) is 50.6 Å². The molecule has 1 heterocycles. The molecule has 7 heteroatoms. The molecule has 2 aromatic carbocycles. The van der Waals surface area contributed by atoms with Crippen LogP contribution in [-0.4, -0.2) is 25.5 Å². The molecule has 3 aromatic rings. The number of aryl methyl sites for hydroxylation is 1. The molecular formula is C22H29N3O3S. The summed E-state index contributed by atoms with van der Waals surface area (Å²) in [5, 5.41) is 2.96. The molecule has 0 saturated heterocycles. The minimum Gasteiger partial charge on any atom is -0.419 e. The fraction of sp³-hybridized carbons (Fsp3) is 0.318. The van der Waals surface area contributed by atoms with E-state index >= 15 is 0 Å². The SMILES string of the molecule is CC(C)N.Cc1ccccc1-c1nc(S(=O)(=O)c2ccccc2)c(NC(C)C)o1. The van der Waals surface area contributed by atoms with Gasteiger partial charge >= 0.3 is 0 Å². The first-order valence-corrected chi connectivity index (χ1v) is 11.0. The van der Waals surface area contributed by atoms with Gasteiger partial charge in [-0.2, -0.15) is 4.98 Å². The van der Waals surface area contributed by atoms with Crippen molar-refractivity contribution in [2.24, 2.45) is 5.73 Å². The summed E-state index contributed by atoms with van der Waals surface area (Å²) in [6, 6.07) is 16.2. The Bertz CT molecular complexity index is 1020. The predicted molar refractivity (Wildman–Crippen MR) is 117 cm³/mol. The van der Waals surface area contributed by atoms with Crippen LogP contribution >= 0.6 is 0 Å². The van der Waals surface area contributed by atoms with Crippen molar-refractivity contribution in [3.63, 3.8) is 0 Å². The second-order valence-corrected chi connectivity index (χ2v) is 9.19. The molecule has 0 aliphatic carbocycles. The molecule has 3 N–H and O–H groups in total. The highest BCUT2D eigenvalue weighted by Crippen LogP contribution is 2.33. The predicted octanol–water partition coefficient (Wildman–Crippen LogP) is 4.66. The molecular weight excluding hydrogens is 386 g/mol. The largest absolute Gasteiger partial charge is 0.419 e. The van der Waals surface area contributed by atoms with E-state index in [1.54, 1.807) is 30.3 Å². The normalized spacial score (nSPS) is 11.3. The number of benzene rings is 2. The van der Waals surface area contributed by atoms with Gasteiger partial charge in [0.2, 0.25) is 26.6 Å². The van der Waals surface area contributed by atoms with Gasteiger partial charge in [0.25, 0.3) is 0 Å². The third-order valence-corrected chi connectivity index (χ3v) is 5.38. The Morgan fingerprint density at radius 3 is 2.07 bits per heavy atom. The van der Waals surface area contributed by atoms with E-state index in [1.807, 2.05) is 58.9 Å². The summed E-state index contributed by atoms with van der Waals surface area (Å²) >= 11 is 0. The van der Waals surface area contributed by atoms with Crippen LogP contribution in [-0.2, 0) is 9.84 Å². The standard InChI is InChI=1S/C19H20N2O3S.C3H9N/c1-13(2)20-18-19(25(22,23)15-10-5-4-6-11-15)21-17(24-18)16-12-8-7-9-14(16)3;1-3(2)4/h4-13,20H,1-3H3;3H,4H2,1-2H3. The number of oxazole rings is 1. The smallest absolute Gasteiger partial charge is 0.234 e. The molecule has 0 unspecified atom stereocenters. The van der Waals surface area contributed by atoms with Crippen LogP contribution in [0.1, 0.15) is 33.3 Å². The van der Waals surface area contributed by atoms with Crippen molar-refractivity contribution in [3.8, 4) is 11.5 Å². The quantitative estimate of drug-likeness (QED) is 0.629. The third-order valence-electron chi connectivity index (χ3n) is 3.70. The molecule has 0 aliphatic rings. The van der Waals surface area contributed by atoms with Crippen molar-refractivity contribution < 1.29 is 12.8 Å². The molecule has 0 fully saturated rings. The van der Waals surface area contributed by atoms with Crippen LogP contribution in [0, 0.1) is 6.92 Å². The summed E-state index contributed by atoms with van der Waals surface area (Å²) in [5.41, 5.74) is 6.84. The van der Waals surface area contributed by atoms with E-state index < -0.39 is 9.84 Å². The zero-order chi connectivity index (χ0) is 21.6. The van der Waals surface area contributed by atoms with Crippen LogP contribution in [0.4, 0.5) is 5.88 Å². The van der Waals surface area contributed by atoms with Gasteiger partial charge in [-0.3, -0.25) is 0 Å². The summed E-state index contributed by atoms with van der Waals surface area (Å²) in [5.74, 6) is 0.452. The van der Waals surface area contributed by atoms with Crippen LogP contribution in [0.25, 0.3) is 11.5 Å². The Morgan fingerprint density at radius 1 is 0.966 bits per heavy atom. The van der Waals surface area contributed by atoms with Gasteiger partial charge in [-0.25, -0.2) is 8.42 Å². The Hall–Kier alpha value is -2.64. The highest BCUT2D eigenvalue weighted by Gasteiger charge is 2.29. The minimum absolute atomic E-state index is 0.00222. The van der Waals surface area contributed by atoms with Gasteiger partial charge in [-0.1, -0.05) is 50.2 Å². The van der Waals surface area contributed by atoms with E-state index in [-0.39, 0.29) is 27.7 Å². The number of nitrogens with one attached hydrogen (secondary N) is 1. The lowest BCUT2D eigenvalue weighted by Crippen LogP contribution is -2.13. The number of rotatable bonds is 5. The fourth-order valence-corrected chi connectivity index (χ4v) is 3.77. The minimum atomic E-state index is -3.78. The first-order chi connectivity index (χ1) is 13.6. The Morgan fingerprint density at radius 2 is 1.52 bits per heavy atom. The molecule has 0 aliphatic heterocycles. The van der Waals surface area contributed by atoms with Crippen molar-refractivity contribution in [1.82, 2.24) is 4.98 Å². The number of aromatic nitrogens is 1. The zero-order valence-corrected chi connectivity index (χ0v) is 18.3. The Balaban J connectivity index is 0.000000687. The Labute approximate surface area is 173 Å². The van der Waals surface area contributed by atoms with Crippen LogP contribution in [0.2, 0.25) is 0 Å². The monoisotopic (exact) mass is 415 g/mol. The summed E-state index contributed by atoms with van der Waals surface area (Å²) in [6.45, 7) is 9.64. The van der Waals surface area contributed by atoms with E-state index in [1.165, 1.54) is 0 Å². The Kier molecular flexibility index (Phi) is 7.59. The lowest BCUT2D eigenvalue weighted by Gasteiger charge is -2.08. The molecule has 6 nitrogen and oxygen atoms in total. The molecule has 0 bridgehead atoms. The van der Waals surface area contributed by atoms with Crippen molar-refractivity contribution in [2.75, 3.05) is 5.32 Å². The van der Waals surface area contributed by atoms with Crippen molar-refractivity contribution in [2.45, 2.75) is 56.6 Å². The maximum absolute atomic E-state index is 13.0. The highest BCUT2D eigenvalue weighted by atomic mass is 32.2. The molecule has 1 aromatic heterocycles.